The standard InChI is InChI=1S/C13H10ClN3O/c1-18-12-6-5-9(7-11(12)14)16-13-4-2-3-10(8-15)17-13/h2-7H,1H3,(H,16,17). The maximum Gasteiger partial charge on any atom is 0.142 e. The number of aromatic nitrogens is 1. The molecule has 18 heavy (non-hydrogen) atoms. The van der Waals surface area contributed by atoms with E-state index >= 15 is 0 Å². The zero-order valence-corrected chi connectivity index (χ0v) is 10.4. The van der Waals surface area contributed by atoms with Crippen molar-refractivity contribution in [1.29, 1.82) is 5.26 Å². The van der Waals surface area contributed by atoms with Crippen molar-refractivity contribution in [3.05, 3.63) is 47.1 Å². The van der Waals surface area contributed by atoms with E-state index in [1.54, 1.807) is 37.4 Å². The van der Waals surface area contributed by atoms with Crippen LogP contribution in [0.4, 0.5) is 11.5 Å². The van der Waals surface area contributed by atoms with Crippen molar-refractivity contribution in [2.75, 3.05) is 12.4 Å². The number of nitrogens with zero attached hydrogens (tertiary/aromatic N) is 2. The van der Waals surface area contributed by atoms with Crippen LogP contribution in [-0.2, 0) is 0 Å². The largest absolute Gasteiger partial charge is 0.495 e. The van der Waals surface area contributed by atoms with Gasteiger partial charge in [-0.3, -0.25) is 0 Å². The van der Waals surface area contributed by atoms with Crippen molar-refractivity contribution in [3.8, 4) is 11.8 Å². The minimum absolute atomic E-state index is 0.361. The highest BCUT2D eigenvalue weighted by Crippen LogP contribution is 2.28. The smallest absolute Gasteiger partial charge is 0.142 e. The van der Waals surface area contributed by atoms with Crippen LogP contribution < -0.4 is 10.1 Å². The molecule has 4 nitrogen and oxygen atoms in total. The molecule has 0 fully saturated rings. The second kappa shape index (κ2) is 5.39. The highest BCUT2D eigenvalue weighted by Gasteiger charge is 2.03. The van der Waals surface area contributed by atoms with Gasteiger partial charge < -0.3 is 10.1 Å². The average molecular weight is 260 g/mol. The minimum atomic E-state index is 0.361. The maximum absolute atomic E-state index is 8.76. The third-order valence-electron chi connectivity index (χ3n) is 2.29. The molecule has 0 atom stereocenters. The van der Waals surface area contributed by atoms with Gasteiger partial charge in [0.2, 0.25) is 0 Å². The fourth-order valence-electron chi connectivity index (χ4n) is 1.46. The fourth-order valence-corrected chi connectivity index (χ4v) is 1.72. The molecule has 2 rings (SSSR count). The molecule has 0 amide bonds. The third-order valence-corrected chi connectivity index (χ3v) is 2.58. The molecule has 0 saturated carbocycles. The van der Waals surface area contributed by atoms with E-state index in [0.29, 0.717) is 22.3 Å². The topological polar surface area (TPSA) is 57.9 Å². The van der Waals surface area contributed by atoms with Crippen molar-refractivity contribution < 1.29 is 4.74 Å². The van der Waals surface area contributed by atoms with E-state index in [-0.39, 0.29) is 0 Å². The summed E-state index contributed by atoms with van der Waals surface area (Å²) in [5, 5.41) is 12.3. The second-order valence-electron chi connectivity index (χ2n) is 3.49. The number of methoxy groups -OCH3 is 1. The Kier molecular flexibility index (Phi) is 3.66. The van der Waals surface area contributed by atoms with Crippen LogP contribution >= 0.6 is 11.6 Å². The summed E-state index contributed by atoms with van der Waals surface area (Å²) < 4.78 is 5.07. The van der Waals surface area contributed by atoms with E-state index in [1.807, 2.05) is 12.1 Å². The van der Waals surface area contributed by atoms with E-state index in [9.17, 15) is 0 Å². The summed E-state index contributed by atoms with van der Waals surface area (Å²) in [6, 6.07) is 12.5. The molecule has 0 aliphatic rings. The number of anilines is 2. The van der Waals surface area contributed by atoms with Gasteiger partial charge in [0.25, 0.3) is 0 Å². The average Bonchev–Trinajstić information content (AvgIpc) is 2.39. The minimum Gasteiger partial charge on any atom is -0.495 e. The van der Waals surface area contributed by atoms with Crippen LogP contribution in [-0.4, -0.2) is 12.1 Å². The van der Waals surface area contributed by atoms with Crippen molar-refractivity contribution >= 4 is 23.1 Å². The third kappa shape index (κ3) is 2.70. The van der Waals surface area contributed by atoms with E-state index in [0.717, 1.165) is 5.69 Å². The van der Waals surface area contributed by atoms with Crippen molar-refractivity contribution in [3.63, 3.8) is 0 Å². The molecule has 0 unspecified atom stereocenters. The quantitative estimate of drug-likeness (QED) is 0.918. The Morgan fingerprint density at radius 1 is 1.33 bits per heavy atom. The summed E-state index contributed by atoms with van der Waals surface area (Å²) in [7, 11) is 1.56. The molecule has 5 heteroatoms. The number of ether oxygens (including phenoxy) is 1. The lowest BCUT2D eigenvalue weighted by Gasteiger charge is -2.08. The van der Waals surface area contributed by atoms with Gasteiger partial charge >= 0.3 is 0 Å². The second-order valence-corrected chi connectivity index (χ2v) is 3.90. The highest BCUT2D eigenvalue weighted by molar-refractivity contribution is 6.32. The molecule has 0 spiro atoms. The van der Waals surface area contributed by atoms with E-state index in [2.05, 4.69) is 10.3 Å². The van der Waals surface area contributed by atoms with Crippen LogP contribution in [0.2, 0.25) is 5.02 Å². The molecule has 0 aliphatic heterocycles. The Bertz CT molecular complexity index is 607. The first-order valence-corrected chi connectivity index (χ1v) is 5.58. The molecule has 0 radical (unpaired) electrons. The van der Waals surface area contributed by atoms with Crippen LogP contribution in [0.5, 0.6) is 5.75 Å². The summed E-state index contributed by atoms with van der Waals surface area (Å²) in [6.45, 7) is 0. The van der Waals surface area contributed by atoms with Gasteiger partial charge in [-0.2, -0.15) is 5.26 Å². The summed E-state index contributed by atoms with van der Waals surface area (Å²) in [4.78, 5) is 4.11. The number of pyridine rings is 1. The Hall–Kier alpha value is -2.25. The predicted molar refractivity (Wildman–Crippen MR) is 70.2 cm³/mol. The zero-order valence-electron chi connectivity index (χ0n) is 9.64. The Morgan fingerprint density at radius 3 is 2.83 bits per heavy atom. The molecular formula is C13H10ClN3O. The summed E-state index contributed by atoms with van der Waals surface area (Å²) >= 11 is 6.02. The van der Waals surface area contributed by atoms with Crippen LogP contribution in [0.25, 0.3) is 0 Å². The molecule has 0 saturated heterocycles. The van der Waals surface area contributed by atoms with Gasteiger partial charge in [0.1, 0.15) is 23.3 Å². The lowest BCUT2D eigenvalue weighted by atomic mass is 10.3. The normalized spacial score (nSPS) is 9.61. The highest BCUT2D eigenvalue weighted by atomic mass is 35.5. The lowest BCUT2D eigenvalue weighted by Crippen LogP contribution is -1.95. The maximum atomic E-state index is 8.76. The lowest BCUT2D eigenvalue weighted by molar-refractivity contribution is 0.415. The molecule has 1 N–H and O–H groups in total. The summed E-state index contributed by atoms with van der Waals surface area (Å²) in [6.07, 6.45) is 0. The number of hydrogen-bond acceptors (Lipinski definition) is 4. The van der Waals surface area contributed by atoms with Gasteiger partial charge in [0, 0.05) is 5.69 Å². The monoisotopic (exact) mass is 259 g/mol. The number of rotatable bonds is 3. The SMILES string of the molecule is COc1ccc(Nc2cccc(C#N)n2)cc1Cl. The van der Waals surface area contributed by atoms with Gasteiger partial charge in [-0.1, -0.05) is 17.7 Å². The molecule has 1 aromatic heterocycles. The van der Waals surface area contributed by atoms with Crippen molar-refractivity contribution in [1.82, 2.24) is 4.98 Å². The first kappa shape index (κ1) is 12.2. The van der Waals surface area contributed by atoms with Gasteiger partial charge in [-0.25, -0.2) is 4.98 Å². The molecule has 90 valence electrons. The molecular weight excluding hydrogens is 250 g/mol. The Morgan fingerprint density at radius 2 is 2.17 bits per heavy atom. The Balaban J connectivity index is 2.23. The number of hydrogen-bond donors (Lipinski definition) is 1. The predicted octanol–water partition coefficient (Wildman–Crippen LogP) is 3.36. The number of halogens is 1. The number of nitrogens with one attached hydrogen (secondary N) is 1. The van der Waals surface area contributed by atoms with Crippen LogP contribution in [0.15, 0.2) is 36.4 Å². The molecule has 2 aromatic rings. The van der Waals surface area contributed by atoms with Crippen LogP contribution in [0.1, 0.15) is 5.69 Å². The van der Waals surface area contributed by atoms with Crippen LogP contribution in [0.3, 0.4) is 0 Å². The van der Waals surface area contributed by atoms with E-state index in [1.165, 1.54) is 0 Å². The fraction of sp³-hybridized carbons (Fsp3) is 0.0769. The van der Waals surface area contributed by atoms with Crippen molar-refractivity contribution in [2.24, 2.45) is 0 Å². The van der Waals surface area contributed by atoms with E-state index < -0.39 is 0 Å². The van der Waals surface area contributed by atoms with Gasteiger partial charge in [0.15, 0.2) is 0 Å². The zero-order chi connectivity index (χ0) is 13.0. The van der Waals surface area contributed by atoms with Gasteiger partial charge in [0.05, 0.1) is 12.1 Å². The first-order chi connectivity index (χ1) is 8.72. The van der Waals surface area contributed by atoms with Crippen LogP contribution in [0, 0.1) is 11.3 Å². The first-order valence-electron chi connectivity index (χ1n) is 5.20. The molecule has 0 aliphatic carbocycles. The molecule has 0 bridgehead atoms. The summed E-state index contributed by atoms with van der Waals surface area (Å²) in [5.74, 6) is 1.20. The van der Waals surface area contributed by atoms with Gasteiger partial charge in [-0.05, 0) is 30.3 Å². The number of benzene rings is 1. The van der Waals surface area contributed by atoms with Gasteiger partial charge in [-0.15, -0.1) is 0 Å². The molecule has 1 heterocycles. The Labute approximate surface area is 110 Å². The van der Waals surface area contributed by atoms with E-state index in [4.69, 9.17) is 21.6 Å². The molecule has 1 aromatic carbocycles. The number of nitriles is 1. The van der Waals surface area contributed by atoms with Crippen molar-refractivity contribution in [2.45, 2.75) is 0 Å². The summed E-state index contributed by atoms with van der Waals surface area (Å²) in [5.41, 5.74) is 1.14.